The van der Waals surface area contributed by atoms with Crippen LogP contribution < -0.4 is 11.5 Å². The van der Waals surface area contributed by atoms with E-state index in [1.807, 2.05) is 91.0 Å². The van der Waals surface area contributed by atoms with E-state index in [1.54, 1.807) is 5.38 Å². The van der Waals surface area contributed by atoms with E-state index in [-0.39, 0.29) is 28.5 Å². The highest BCUT2D eigenvalue weighted by Gasteiger charge is 2.51. The highest BCUT2D eigenvalue weighted by molar-refractivity contribution is 8.00. The van der Waals surface area contributed by atoms with E-state index in [0.717, 1.165) is 16.7 Å². The Labute approximate surface area is 274 Å². The average Bonchev–Trinajstić information content (AvgIpc) is 3.52. The monoisotopic (exact) mass is 653 g/mol. The van der Waals surface area contributed by atoms with Crippen LogP contribution in [-0.4, -0.2) is 55.5 Å². The Bertz CT molecular complexity index is 1710. The third kappa shape index (κ3) is 6.23. The summed E-state index contributed by atoms with van der Waals surface area (Å²) >= 11 is 2.72. The van der Waals surface area contributed by atoms with Crippen molar-refractivity contribution in [1.29, 1.82) is 0 Å². The summed E-state index contributed by atoms with van der Waals surface area (Å²) in [6.07, 6.45) is 1.48. The molecule has 1 fully saturated rings. The minimum atomic E-state index is -1.10. The summed E-state index contributed by atoms with van der Waals surface area (Å²) in [6, 6.07) is 28.9. The fourth-order valence-corrected chi connectivity index (χ4v) is 7.01. The van der Waals surface area contributed by atoms with Crippen LogP contribution in [0.15, 0.2) is 125 Å². The number of hydrogen-bond donors (Lipinski definition) is 3. The maximum absolute atomic E-state index is 12.4. The van der Waals surface area contributed by atoms with Gasteiger partial charge in [-0.2, -0.15) is 0 Å². The molecule has 46 heavy (non-hydrogen) atoms. The molecule has 0 aliphatic carbocycles. The van der Waals surface area contributed by atoms with Crippen molar-refractivity contribution in [2.75, 3.05) is 11.5 Å². The SMILES string of the molecule is C=CC1=C(C(=O)O)N2C(=O)C(N)C2SC1.CC(=O)C(=NOC(c1ccccc1)(c1ccccc1)c1ccccc1)c1csc(N)n1. The molecule has 0 saturated carbocycles. The number of nitrogen functional groups attached to an aromatic ring is 1. The van der Waals surface area contributed by atoms with Crippen LogP contribution in [0.4, 0.5) is 5.13 Å². The topological polar surface area (TPSA) is 161 Å². The Balaban J connectivity index is 0.000000232. The van der Waals surface area contributed by atoms with E-state index in [9.17, 15) is 14.4 Å². The standard InChI is InChI=1S/C25H21N3O2S.C9H10N2O3S/c1-18(29)23(22-17-31-24(26)27-22)28-30-25(19-11-5-2-6-12-19,20-13-7-3-8-14-20)21-15-9-4-10-16-21;1-2-4-3-15-8-5(10)7(12)11(8)6(4)9(13)14/h2-17H,1H3,(H2,26,27);2,5,8H,1,3,10H2,(H,13,14). The Kier molecular flexibility index (Phi) is 9.81. The van der Waals surface area contributed by atoms with Gasteiger partial charge in [0, 0.05) is 34.7 Å². The van der Waals surface area contributed by atoms with Gasteiger partial charge in [-0.05, 0) is 5.57 Å². The van der Waals surface area contributed by atoms with Crippen molar-refractivity contribution >= 4 is 51.6 Å². The third-order valence-electron chi connectivity index (χ3n) is 7.40. The summed E-state index contributed by atoms with van der Waals surface area (Å²) in [5.74, 6) is -1.15. The van der Waals surface area contributed by atoms with Gasteiger partial charge in [0.05, 0.1) is 0 Å². The summed E-state index contributed by atoms with van der Waals surface area (Å²) < 4.78 is 0. The number of rotatable bonds is 9. The summed E-state index contributed by atoms with van der Waals surface area (Å²) in [7, 11) is 0. The van der Waals surface area contributed by atoms with Gasteiger partial charge in [0.2, 0.25) is 11.5 Å². The lowest BCUT2D eigenvalue weighted by atomic mass is 9.80. The Morgan fingerprint density at radius 1 is 1.02 bits per heavy atom. The third-order valence-corrected chi connectivity index (χ3v) is 9.40. The van der Waals surface area contributed by atoms with Crippen molar-refractivity contribution in [1.82, 2.24) is 9.88 Å². The molecule has 1 saturated heterocycles. The zero-order valence-corrected chi connectivity index (χ0v) is 26.4. The molecule has 2 atom stereocenters. The predicted octanol–water partition coefficient (Wildman–Crippen LogP) is 4.78. The van der Waals surface area contributed by atoms with Crippen LogP contribution >= 0.6 is 23.1 Å². The number of hydrogen-bond acceptors (Lipinski definition) is 10. The zero-order chi connectivity index (χ0) is 32.8. The number of carbonyl (C=O) groups excluding carboxylic acids is 2. The number of nitrogens with two attached hydrogens (primary N) is 2. The molecule has 234 valence electrons. The number of amides is 1. The molecule has 2 unspecified atom stereocenters. The van der Waals surface area contributed by atoms with Gasteiger partial charge in [-0.25, -0.2) is 9.78 Å². The first-order valence-electron chi connectivity index (χ1n) is 14.1. The molecule has 0 spiro atoms. The van der Waals surface area contributed by atoms with Gasteiger partial charge in [-0.1, -0.05) is 109 Å². The number of benzene rings is 3. The number of Topliss-reactive ketones (excluding diaryl/α,β-unsaturated/α-hetero) is 1. The van der Waals surface area contributed by atoms with Crippen LogP contribution in [-0.2, 0) is 24.8 Å². The second kappa shape index (κ2) is 13.9. The van der Waals surface area contributed by atoms with Gasteiger partial charge < -0.3 is 21.4 Å². The number of carbonyl (C=O) groups is 3. The fourth-order valence-electron chi connectivity index (χ4n) is 5.17. The quantitative estimate of drug-likeness (QED) is 0.0999. The molecular formula is C34H31N5O5S2. The van der Waals surface area contributed by atoms with Crippen molar-refractivity contribution in [2.24, 2.45) is 10.9 Å². The lowest BCUT2D eigenvalue weighted by molar-refractivity contribution is -0.147. The summed E-state index contributed by atoms with van der Waals surface area (Å²) in [6.45, 7) is 4.98. The summed E-state index contributed by atoms with van der Waals surface area (Å²) in [5, 5.41) is 15.2. The number of thiazole rings is 1. The molecule has 10 nitrogen and oxygen atoms in total. The van der Waals surface area contributed by atoms with E-state index >= 15 is 0 Å². The molecule has 2 aliphatic rings. The number of oxime groups is 1. The lowest BCUT2D eigenvalue weighted by Crippen LogP contribution is -2.68. The molecule has 4 aromatic rings. The number of allylic oxidation sites excluding steroid dienone is 1. The van der Waals surface area contributed by atoms with Crippen LogP contribution in [0, 0.1) is 0 Å². The molecule has 3 aromatic carbocycles. The first-order valence-corrected chi connectivity index (χ1v) is 16.1. The van der Waals surface area contributed by atoms with E-state index in [0.29, 0.717) is 22.2 Å². The van der Waals surface area contributed by atoms with Crippen LogP contribution in [0.25, 0.3) is 0 Å². The number of carboxylic acids is 1. The first kappa shape index (κ1) is 32.4. The largest absolute Gasteiger partial charge is 0.477 e. The molecular weight excluding hydrogens is 623 g/mol. The fraction of sp³-hybridized carbons (Fsp3) is 0.147. The van der Waals surface area contributed by atoms with Gasteiger partial charge >= 0.3 is 5.97 Å². The van der Waals surface area contributed by atoms with Crippen LogP contribution in [0.2, 0.25) is 0 Å². The number of ketones is 1. The normalized spacial score (nSPS) is 17.7. The van der Waals surface area contributed by atoms with Crippen LogP contribution in [0.3, 0.4) is 0 Å². The van der Waals surface area contributed by atoms with Crippen molar-refractivity contribution in [3.05, 3.63) is 143 Å². The number of aromatic nitrogens is 1. The van der Waals surface area contributed by atoms with Gasteiger partial charge in [0.25, 0.3) is 0 Å². The van der Waals surface area contributed by atoms with E-state index in [2.05, 4.69) is 16.7 Å². The number of carboxylic acid groups (broad SMARTS) is 1. The Morgan fingerprint density at radius 2 is 1.54 bits per heavy atom. The van der Waals surface area contributed by atoms with Crippen LogP contribution in [0.1, 0.15) is 29.3 Å². The van der Waals surface area contributed by atoms with E-state index in [4.69, 9.17) is 21.4 Å². The molecule has 6 rings (SSSR count). The van der Waals surface area contributed by atoms with Gasteiger partial charge in [-0.15, -0.1) is 23.1 Å². The predicted molar refractivity (Wildman–Crippen MR) is 180 cm³/mol. The minimum Gasteiger partial charge on any atom is -0.477 e. The second-order valence-corrected chi connectivity index (χ2v) is 12.3. The Morgan fingerprint density at radius 3 is 1.96 bits per heavy atom. The first-order chi connectivity index (χ1) is 22.2. The number of β-lactam (4-membered cyclic amide) rings is 1. The van der Waals surface area contributed by atoms with Crippen molar-refractivity contribution in [2.45, 2.75) is 23.9 Å². The molecule has 3 heterocycles. The highest BCUT2D eigenvalue weighted by Crippen LogP contribution is 2.41. The van der Waals surface area contributed by atoms with Crippen LogP contribution in [0.5, 0.6) is 0 Å². The number of thioether (sulfide) groups is 1. The maximum atomic E-state index is 12.4. The molecule has 1 aromatic heterocycles. The smallest absolute Gasteiger partial charge is 0.352 e. The van der Waals surface area contributed by atoms with Gasteiger partial charge in [-0.3, -0.25) is 14.5 Å². The Hall–Kier alpha value is -5.04. The highest BCUT2D eigenvalue weighted by atomic mass is 32.2. The molecule has 5 N–H and O–H groups in total. The average molecular weight is 654 g/mol. The lowest BCUT2D eigenvalue weighted by Gasteiger charge is -2.47. The number of fused-ring (bicyclic) bond motifs is 1. The summed E-state index contributed by atoms with van der Waals surface area (Å²) in [4.78, 5) is 46.7. The zero-order valence-electron chi connectivity index (χ0n) is 24.8. The molecule has 2 aliphatic heterocycles. The second-order valence-electron chi connectivity index (χ2n) is 10.3. The van der Waals surface area contributed by atoms with E-state index < -0.39 is 17.6 Å². The van der Waals surface area contributed by atoms with Crippen molar-refractivity contribution < 1.29 is 24.3 Å². The van der Waals surface area contributed by atoms with Crippen molar-refractivity contribution in [3.63, 3.8) is 0 Å². The van der Waals surface area contributed by atoms with Gasteiger partial charge in [0.1, 0.15) is 22.8 Å². The van der Waals surface area contributed by atoms with E-state index in [1.165, 1.54) is 41.0 Å². The molecule has 12 heteroatoms. The number of anilines is 1. The molecule has 0 radical (unpaired) electrons. The minimum absolute atomic E-state index is 0.0282. The number of aliphatic carboxylic acids is 1. The summed E-state index contributed by atoms with van der Waals surface area (Å²) in [5.41, 5.74) is 14.1. The van der Waals surface area contributed by atoms with Crippen molar-refractivity contribution in [3.8, 4) is 0 Å². The molecule has 0 bridgehead atoms. The number of nitrogens with zero attached hydrogens (tertiary/aromatic N) is 3. The maximum Gasteiger partial charge on any atom is 0.352 e. The molecule has 1 amide bonds. The van der Waals surface area contributed by atoms with Gasteiger partial charge in [0.15, 0.2) is 16.6 Å².